The molecule has 28 heavy (non-hydrogen) atoms. The molecule has 6 nitrogen and oxygen atoms in total. The van der Waals surface area contributed by atoms with Gasteiger partial charge in [0.25, 0.3) is 5.69 Å². The van der Waals surface area contributed by atoms with Crippen molar-refractivity contribution in [3.63, 3.8) is 0 Å². The van der Waals surface area contributed by atoms with Crippen LogP contribution in [0.1, 0.15) is 24.5 Å². The van der Waals surface area contributed by atoms with E-state index in [1.54, 1.807) is 18.5 Å². The number of piperidine rings is 1. The summed E-state index contributed by atoms with van der Waals surface area (Å²) in [7, 11) is 0. The predicted octanol–water partition coefficient (Wildman–Crippen LogP) is 5.01. The van der Waals surface area contributed by atoms with Crippen molar-refractivity contribution < 1.29 is 4.92 Å². The summed E-state index contributed by atoms with van der Waals surface area (Å²) in [6.07, 6.45) is 5.40. The first kappa shape index (κ1) is 16.7. The van der Waals surface area contributed by atoms with Crippen LogP contribution in [0.4, 0.5) is 11.4 Å². The van der Waals surface area contributed by atoms with Gasteiger partial charge in [-0.2, -0.15) is 0 Å². The lowest BCUT2D eigenvalue weighted by Crippen LogP contribution is -2.33. The van der Waals surface area contributed by atoms with E-state index in [2.05, 4.69) is 45.2 Å². The number of hydrogen-bond acceptors (Lipinski definition) is 4. The van der Waals surface area contributed by atoms with Crippen LogP contribution in [0.2, 0.25) is 0 Å². The Bertz CT molecular complexity index is 1140. The lowest BCUT2D eigenvalue weighted by molar-refractivity contribution is -0.383. The maximum absolute atomic E-state index is 11.3. The van der Waals surface area contributed by atoms with Crippen molar-refractivity contribution in [2.24, 2.45) is 0 Å². The number of aromatic amines is 1. The van der Waals surface area contributed by atoms with E-state index in [9.17, 15) is 10.1 Å². The van der Waals surface area contributed by atoms with Crippen LogP contribution in [-0.4, -0.2) is 28.0 Å². The van der Waals surface area contributed by atoms with E-state index in [1.807, 2.05) is 12.1 Å². The maximum Gasteiger partial charge on any atom is 0.278 e. The number of H-pyrrole nitrogens is 1. The minimum atomic E-state index is -0.337. The van der Waals surface area contributed by atoms with Crippen LogP contribution in [-0.2, 0) is 0 Å². The molecule has 0 amide bonds. The zero-order valence-corrected chi connectivity index (χ0v) is 15.3. The lowest BCUT2D eigenvalue weighted by atomic mass is 9.93. The molecule has 140 valence electrons. The number of aromatic nitrogens is 2. The number of nitrogens with one attached hydrogen (secondary N) is 1. The molecule has 2 aromatic heterocycles. The molecule has 3 heterocycles. The molecule has 0 spiro atoms. The van der Waals surface area contributed by atoms with Crippen molar-refractivity contribution in [3.05, 3.63) is 76.7 Å². The van der Waals surface area contributed by atoms with E-state index >= 15 is 0 Å². The quantitative estimate of drug-likeness (QED) is 0.405. The van der Waals surface area contributed by atoms with Gasteiger partial charge in [-0.15, -0.1) is 0 Å². The summed E-state index contributed by atoms with van der Waals surface area (Å²) in [6.45, 7) is 1.85. The van der Waals surface area contributed by atoms with Crippen molar-refractivity contribution in [3.8, 4) is 0 Å². The fourth-order valence-corrected chi connectivity index (χ4v) is 4.34. The van der Waals surface area contributed by atoms with Crippen molar-refractivity contribution in [2.45, 2.75) is 18.8 Å². The molecule has 0 bridgehead atoms. The average molecular weight is 372 g/mol. The molecule has 1 aliphatic rings. The molecule has 0 unspecified atom stereocenters. The van der Waals surface area contributed by atoms with E-state index in [0.29, 0.717) is 11.3 Å². The average Bonchev–Trinajstić information content (AvgIpc) is 3.17. The standard InChI is InChI=1S/C22H20N4O2/c27-26(28)22-6-5-21(17-7-10-23-14-18(17)22)25-11-8-15(9-12-25)20-13-16-3-1-2-4-19(16)24-20/h1-7,10,13-15,24H,8-9,11-12H2. The highest BCUT2D eigenvalue weighted by Crippen LogP contribution is 2.37. The van der Waals surface area contributed by atoms with Crippen molar-refractivity contribution in [2.75, 3.05) is 18.0 Å². The second-order valence-electron chi connectivity index (χ2n) is 7.36. The number of hydrogen-bond donors (Lipinski definition) is 1. The fourth-order valence-electron chi connectivity index (χ4n) is 4.34. The Kier molecular flexibility index (Phi) is 3.97. The molecule has 4 aromatic rings. The summed E-state index contributed by atoms with van der Waals surface area (Å²) in [4.78, 5) is 21.0. The molecule has 5 rings (SSSR count). The Morgan fingerprint density at radius 3 is 2.68 bits per heavy atom. The van der Waals surface area contributed by atoms with Gasteiger partial charge in [-0.1, -0.05) is 18.2 Å². The third-order valence-electron chi connectivity index (χ3n) is 5.80. The second kappa shape index (κ2) is 6.64. The summed E-state index contributed by atoms with van der Waals surface area (Å²) in [5.41, 5.74) is 3.66. The fraction of sp³-hybridized carbons (Fsp3) is 0.227. The Labute approximate surface area is 162 Å². The van der Waals surface area contributed by atoms with Crippen LogP contribution in [0, 0.1) is 10.1 Å². The van der Waals surface area contributed by atoms with Gasteiger partial charge in [0.1, 0.15) is 0 Å². The minimum Gasteiger partial charge on any atom is -0.371 e. The highest BCUT2D eigenvalue weighted by atomic mass is 16.6. The second-order valence-corrected chi connectivity index (χ2v) is 7.36. The molecular weight excluding hydrogens is 352 g/mol. The van der Waals surface area contributed by atoms with E-state index in [-0.39, 0.29) is 10.6 Å². The predicted molar refractivity (Wildman–Crippen MR) is 111 cm³/mol. The molecular formula is C22H20N4O2. The Balaban J connectivity index is 1.41. The Morgan fingerprint density at radius 1 is 1.07 bits per heavy atom. The number of benzene rings is 2. The first-order valence-corrected chi connectivity index (χ1v) is 9.54. The van der Waals surface area contributed by atoms with Gasteiger partial charge in [-0.25, -0.2) is 0 Å². The maximum atomic E-state index is 11.3. The summed E-state index contributed by atoms with van der Waals surface area (Å²) in [6, 6.07) is 16.0. The van der Waals surface area contributed by atoms with Crippen molar-refractivity contribution in [1.29, 1.82) is 0 Å². The summed E-state index contributed by atoms with van der Waals surface area (Å²) in [5.74, 6) is 0.509. The zero-order valence-electron chi connectivity index (χ0n) is 15.3. The van der Waals surface area contributed by atoms with Gasteiger partial charge in [0, 0.05) is 59.8 Å². The third kappa shape index (κ3) is 2.78. The molecule has 1 fully saturated rings. The first-order valence-electron chi connectivity index (χ1n) is 9.54. The van der Waals surface area contributed by atoms with E-state index < -0.39 is 0 Å². The molecule has 1 aliphatic heterocycles. The number of non-ortho nitro benzene ring substituents is 1. The van der Waals surface area contributed by atoms with Gasteiger partial charge in [-0.05, 0) is 42.5 Å². The monoisotopic (exact) mass is 372 g/mol. The number of para-hydroxylation sites is 1. The van der Waals surface area contributed by atoms with E-state index in [1.165, 1.54) is 16.6 Å². The Hall–Kier alpha value is -3.41. The van der Waals surface area contributed by atoms with Gasteiger partial charge in [-0.3, -0.25) is 15.1 Å². The lowest BCUT2D eigenvalue weighted by Gasteiger charge is -2.34. The van der Waals surface area contributed by atoms with Gasteiger partial charge >= 0.3 is 0 Å². The number of pyridine rings is 1. The molecule has 0 saturated carbocycles. The normalized spacial score (nSPS) is 15.4. The largest absolute Gasteiger partial charge is 0.371 e. The van der Waals surface area contributed by atoms with Gasteiger partial charge in [0.05, 0.1) is 10.3 Å². The molecule has 0 atom stereocenters. The van der Waals surface area contributed by atoms with Gasteiger partial charge in [0.2, 0.25) is 0 Å². The highest BCUT2D eigenvalue weighted by Gasteiger charge is 2.24. The van der Waals surface area contributed by atoms with Gasteiger partial charge in [0.15, 0.2) is 0 Å². The molecule has 1 saturated heterocycles. The number of nitro groups is 1. The minimum absolute atomic E-state index is 0.111. The van der Waals surface area contributed by atoms with Crippen LogP contribution < -0.4 is 4.90 Å². The van der Waals surface area contributed by atoms with Crippen molar-refractivity contribution in [1.82, 2.24) is 9.97 Å². The van der Waals surface area contributed by atoms with Crippen LogP contribution in [0.3, 0.4) is 0 Å². The Morgan fingerprint density at radius 2 is 1.89 bits per heavy atom. The molecule has 0 aliphatic carbocycles. The smallest absolute Gasteiger partial charge is 0.278 e. The van der Waals surface area contributed by atoms with Gasteiger partial charge < -0.3 is 9.88 Å². The van der Waals surface area contributed by atoms with Crippen molar-refractivity contribution >= 4 is 33.1 Å². The summed E-state index contributed by atoms with van der Waals surface area (Å²) < 4.78 is 0. The SMILES string of the molecule is O=[N+]([O-])c1ccc(N2CCC(c3cc4ccccc4[nH]3)CC2)c2ccncc12. The zero-order chi connectivity index (χ0) is 19.1. The summed E-state index contributed by atoms with van der Waals surface area (Å²) in [5, 5.41) is 14.1. The van der Waals surface area contributed by atoms with Crippen LogP contribution >= 0.6 is 0 Å². The first-order chi connectivity index (χ1) is 13.7. The number of nitrogens with zero attached hydrogens (tertiary/aromatic N) is 3. The highest BCUT2D eigenvalue weighted by molar-refractivity contribution is 5.99. The third-order valence-corrected chi connectivity index (χ3v) is 5.80. The molecule has 2 aromatic carbocycles. The number of anilines is 1. The molecule has 0 radical (unpaired) electrons. The van der Waals surface area contributed by atoms with Crippen LogP contribution in [0.25, 0.3) is 21.7 Å². The molecule has 1 N–H and O–H groups in total. The number of rotatable bonds is 3. The number of fused-ring (bicyclic) bond motifs is 2. The van der Waals surface area contributed by atoms with E-state index in [0.717, 1.165) is 37.0 Å². The van der Waals surface area contributed by atoms with Crippen LogP contribution in [0.5, 0.6) is 0 Å². The number of nitro benzene ring substituents is 1. The molecule has 6 heteroatoms. The summed E-state index contributed by atoms with van der Waals surface area (Å²) >= 11 is 0. The topological polar surface area (TPSA) is 75.1 Å². The van der Waals surface area contributed by atoms with E-state index in [4.69, 9.17) is 0 Å². The van der Waals surface area contributed by atoms with Crippen LogP contribution in [0.15, 0.2) is 60.9 Å².